The van der Waals surface area contributed by atoms with Crippen LogP contribution >= 0.6 is 0 Å². The zero-order valence-electron chi connectivity index (χ0n) is 11.3. The molecule has 0 aliphatic heterocycles. The first kappa shape index (κ1) is 14.8. The Kier molecular flexibility index (Phi) is 5.09. The van der Waals surface area contributed by atoms with Crippen molar-refractivity contribution in [2.24, 2.45) is 0 Å². The van der Waals surface area contributed by atoms with E-state index in [1.54, 1.807) is 18.2 Å². The van der Waals surface area contributed by atoms with E-state index in [1.807, 2.05) is 0 Å². The van der Waals surface area contributed by atoms with Gasteiger partial charge in [-0.05, 0) is 30.7 Å². The van der Waals surface area contributed by atoms with Crippen molar-refractivity contribution >= 4 is 11.7 Å². The first-order chi connectivity index (χ1) is 10.2. The monoisotopic (exact) mass is 290 g/mol. The van der Waals surface area contributed by atoms with Gasteiger partial charge in [0.1, 0.15) is 0 Å². The lowest BCUT2D eigenvalue weighted by atomic mass is 10.3. The Morgan fingerprint density at radius 3 is 2.86 bits per heavy atom. The first-order valence-corrected chi connectivity index (χ1v) is 6.48. The number of benzene rings is 1. The van der Waals surface area contributed by atoms with E-state index >= 15 is 0 Å². The summed E-state index contributed by atoms with van der Waals surface area (Å²) in [5.74, 6) is -0.521. The SMILES string of the molecule is O=C(CCCOc1ccccc1F)Nc1ncccc1O. The molecule has 0 saturated carbocycles. The van der Waals surface area contributed by atoms with Gasteiger partial charge in [-0.25, -0.2) is 9.37 Å². The number of aromatic nitrogens is 1. The van der Waals surface area contributed by atoms with Crippen LogP contribution in [0.25, 0.3) is 0 Å². The third-order valence-electron chi connectivity index (χ3n) is 2.69. The van der Waals surface area contributed by atoms with Crippen LogP contribution < -0.4 is 10.1 Å². The zero-order chi connectivity index (χ0) is 15.1. The van der Waals surface area contributed by atoms with E-state index in [4.69, 9.17) is 4.74 Å². The largest absolute Gasteiger partial charge is 0.504 e. The zero-order valence-corrected chi connectivity index (χ0v) is 11.3. The van der Waals surface area contributed by atoms with Crippen molar-refractivity contribution in [1.82, 2.24) is 4.98 Å². The highest BCUT2D eigenvalue weighted by molar-refractivity contribution is 5.90. The van der Waals surface area contributed by atoms with Crippen molar-refractivity contribution in [1.29, 1.82) is 0 Å². The predicted octanol–water partition coefficient (Wildman–Crippen LogP) is 2.72. The summed E-state index contributed by atoms with van der Waals surface area (Å²) in [6, 6.07) is 9.09. The summed E-state index contributed by atoms with van der Waals surface area (Å²) in [5, 5.41) is 12.0. The summed E-state index contributed by atoms with van der Waals surface area (Å²) in [6.45, 7) is 0.225. The molecule has 0 spiro atoms. The maximum atomic E-state index is 13.3. The normalized spacial score (nSPS) is 10.1. The van der Waals surface area contributed by atoms with Crippen LogP contribution in [0.15, 0.2) is 42.6 Å². The van der Waals surface area contributed by atoms with Crippen LogP contribution in [0.3, 0.4) is 0 Å². The molecule has 2 rings (SSSR count). The summed E-state index contributed by atoms with van der Waals surface area (Å²) >= 11 is 0. The number of nitrogens with zero attached hydrogens (tertiary/aromatic N) is 1. The number of carbonyl (C=O) groups is 1. The third kappa shape index (κ3) is 4.45. The molecule has 5 nitrogen and oxygen atoms in total. The molecule has 6 heteroatoms. The number of anilines is 1. The second-order valence-corrected chi connectivity index (χ2v) is 4.30. The van der Waals surface area contributed by atoms with E-state index in [2.05, 4.69) is 10.3 Å². The fraction of sp³-hybridized carbons (Fsp3) is 0.200. The van der Waals surface area contributed by atoms with Crippen LogP contribution in [0.2, 0.25) is 0 Å². The third-order valence-corrected chi connectivity index (χ3v) is 2.69. The Hall–Kier alpha value is -2.63. The highest BCUT2D eigenvalue weighted by atomic mass is 19.1. The number of nitrogens with one attached hydrogen (secondary N) is 1. The van der Waals surface area contributed by atoms with E-state index in [0.29, 0.717) is 6.42 Å². The molecule has 21 heavy (non-hydrogen) atoms. The van der Waals surface area contributed by atoms with Gasteiger partial charge in [-0.3, -0.25) is 4.79 Å². The van der Waals surface area contributed by atoms with Crippen molar-refractivity contribution in [3.8, 4) is 11.5 Å². The summed E-state index contributed by atoms with van der Waals surface area (Å²) in [5.41, 5.74) is 0. The lowest BCUT2D eigenvalue weighted by Crippen LogP contribution is -2.13. The van der Waals surface area contributed by atoms with Gasteiger partial charge in [0.05, 0.1) is 6.61 Å². The number of ether oxygens (including phenoxy) is 1. The molecule has 2 aromatic rings. The Morgan fingerprint density at radius 1 is 1.29 bits per heavy atom. The van der Waals surface area contributed by atoms with Gasteiger partial charge in [0, 0.05) is 12.6 Å². The Balaban J connectivity index is 1.73. The molecule has 0 radical (unpaired) electrons. The predicted molar refractivity (Wildman–Crippen MR) is 75.7 cm³/mol. The minimum Gasteiger partial charge on any atom is -0.504 e. The molecule has 1 aromatic heterocycles. The average molecular weight is 290 g/mol. The van der Waals surface area contributed by atoms with Gasteiger partial charge in [-0.1, -0.05) is 12.1 Å². The number of hydrogen-bond donors (Lipinski definition) is 2. The fourth-order valence-corrected chi connectivity index (χ4v) is 1.66. The summed E-state index contributed by atoms with van der Waals surface area (Å²) in [7, 11) is 0. The Bertz CT molecular complexity index is 619. The number of pyridine rings is 1. The van der Waals surface area contributed by atoms with Crippen molar-refractivity contribution in [3.63, 3.8) is 0 Å². The molecule has 0 saturated heterocycles. The molecule has 0 aliphatic rings. The van der Waals surface area contributed by atoms with Crippen molar-refractivity contribution in [3.05, 3.63) is 48.4 Å². The minimum absolute atomic E-state index is 0.0894. The van der Waals surface area contributed by atoms with Gasteiger partial charge >= 0.3 is 0 Å². The molecule has 0 aliphatic carbocycles. The molecule has 0 fully saturated rings. The van der Waals surface area contributed by atoms with Crippen LogP contribution in [0.1, 0.15) is 12.8 Å². The number of halogens is 1. The first-order valence-electron chi connectivity index (χ1n) is 6.48. The van der Waals surface area contributed by atoms with E-state index in [-0.39, 0.29) is 36.3 Å². The minimum atomic E-state index is -0.430. The number of amides is 1. The molecule has 2 N–H and O–H groups in total. The summed E-state index contributed by atoms with van der Waals surface area (Å²) in [6.07, 6.45) is 2.08. The van der Waals surface area contributed by atoms with Crippen LogP contribution in [0.5, 0.6) is 11.5 Å². The smallest absolute Gasteiger partial charge is 0.225 e. The van der Waals surface area contributed by atoms with Gasteiger partial charge in [0.15, 0.2) is 23.1 Å². The van der Waals surface area contributed by atoms with Crippen LogP contribution in [0, 0.1) is 5.82 Å². The summed E-state index contributed by atoms with van der Waals surface area (Å²) in [4.78, 5) is 15.5. The molecule has 0 unspecified atom stereocenters. The topological polar surface area (TPSA) is 71.5 Å². The molecule has 110 valence electrons. The highest BCUT2D eigenvalue weighted by Gasteiger charge is 2.07. The van der Waals surface area contributed by atoms with Gasteiger partial charge < -0.3 is 15.2 Å². The molecule has 1 amide bonds. The van der Waals surface area contributed by atoms with Crippen LogP contribution in [-0.2, 0) is 4.79 Å². The molecular weight excluding hydrogens is 275 g/mol. The van der Waals surface area contributed by atoms with Crippen molar-refractivity contribution in [2.75, 3.05) is 11.9 Å². The van der Waals surface area contributed by atoms with Gasteiger partial charge in [-0.2, -0.15) is 0 Å². The van der Waals surface area contributed by atoms with E-state index in [0.717, 1.165) is 0 Å². The quantitative estimate of drug-likeness (QED) is 0.802. The lowest BCUT2D eigenvalue weighted by Gasteiger charge is -2.08. The summed E-state index contributed by atoms with van der Waals surface area (Å²) < 4.78 is 18.5. The van der Waals surface area contributed by atoms with E-state index < -0.39 is 5.82 Å². The molecule has 0 atom stereocenters. The average Bonchev–Trinajstić information content (AvgIpc) is 2.48. The standard InChI is InChI=1S/C15H15FN2O3/c16-11-5-1-2-7-13(11)21-10-4-8-14(20)18-15-12(19)6-3-9-17-15/h1-3,5-7,9,19H,4,8,10H2,(H,17,18,20). The lowest BCUT2D eigenvalue weighted by molar-refractivity contribution is -0.116. The number of carbonyl (C=O) groups excluding carboxylic acids is 1. The fourth-order valence-electron chi connectivity index (χ4n) is 1.66. The maximum Gasteiger partial charge on any atom is 0.225 e. The highest BCUT2D eigenvalue weighted by Crippen LogP contribution is 2.19. The van der Waals surface area contributed by atoms with Crippen molar-refractivity contribution < 1.29 is 19.0 Å². The number of para-hydroxylation sites is 1. The van der Waals surface area contributed by atoms with Gasteiger partial charge in [-0.15, -0.1) is 0 Å². The molecule has 1 heterocycles. The maximum absolute atomic E-state index is 13.3. The Morgan fingerprint density at radius 2 is 2.10 bits per heavy atom. The Labute approximate surface area is 121 Å². The van der Waals surface area contributed by atoms with Gasteiger partial charge in [0.25, 0.3) is 0 Å². The molecule has 0 bridgehead atoms. The second kappa shape index (κ2) is 7.23. The van der Waals surface area contributed by atoms with Crippen LogP contribution in [0.4, 0.5) is 10.2 Å². The van der Waals surface area contributed by atoms with E-state index in [9.17, 15) is 14.3 Å². The molecular formula is C15H15FN2O3. The van der Waals surface area contributed by atoms with Gasteiger partial charge in [0.2, 0.25) is 5.91 Å². The van der Waals surface area contributed by atoms with E-state index in [1.165, 1.54) is 24.4 Å². The molecule has 1 aromatic carbocycles. The number of rotatable bonds is 6. The van der Waals surface area contributed by atoms with Crippen LogP contribution in [-0.4, -0.2) is 22.6 Å². The number of hydrogen-bond acceptors (Lipinski definition) is 4. The number of aromatic hydroxyl groups is 1. The van der Waals surface area contributed by atoms with Crippen molar-refractivity contribution in [2.45, 2.75) is 12.8 Å². The second-order valence-electron chi connectivity index (χ2n) is 4.30.